The van der Waals surface area contributed by atoms with Crippen molar-refractivity contribution in [2.45, 2.75) is 12.6 Å². The highest BCUT2D eigenvalue weighted by atomic mass is 16.5. The third-order valence-corrected chi connectivity index (χ3v) is 5.13. The molecule has 1 unspecified atom stereocenters. The Bertz CT molecular complexity index is 922. The quantitative estimate of drug-likeness (QED) is 0.744. The number of ether oxygens (including phenoxy) is 1. The maximum absolute atomic E-state index is 13.3. The lowest BCUT2D eigenvalue weighted by atomic mass is 10.0. The van der Waals surface area contributed by atoms with Gasteiger partial charge >= 0.3 is 0 Å². The molecule has 1 aliphatic rings. The van der Waals surface area contributed by atoms with E-state index in [4.69, 9.17) is 4.74 Å². The first kappa shape index (κ1) is 18.3. The van der Waals surface area contributed by atoms with E-state index in [-0.39, 0.29) is 11.9 Å². The molecular formula is C22H24N4O2. The van der Waals surface area contributed by atoms with Crippen LogP contribution in [0.3, 0.4) is 0 Å². The van der Waals surface area contributed by atoms with Crippen LogP contribution in [0.4, 0.5) is 0 Å². The van der Waals surface area contributed by atoms with Gasteiger partial charge in [-0.15, -0.1) is 0 Å². The molecule has 0 aliphatic carbocycles. The Morgan fingerprint density at radius 3 is 2.79 bits per heavy atom. The van der Waals surface area contributed by atoms with E-state index in [0.29, 0.717) is 18.7 Å². The number of rotatable bonds is 5. The Morgan fingerprint density at radius 1 is 1.21 bits per heavy atom. The fourth-order valence-electron chi connectivity index (χ4n) is 3.68. The summed E-state index contributed by atoms with van der Waals surface area (Å²) in [6.45, 7) is 2.91. The van der Waals surface area contributed by atoms with E-state index in [2.05, 4.69) is 10.3 Å². The number of hydrogen-bond donors (Lipinski definition) is 1. The Labute approximate surface area is 164 Å². The number of hydrogen-bond acceptors (Lipinski definition) is 4. The van der Waals surface area contributed by atoms with Crippen molar-refractivity contribution in [3.05, 3.63) is 83.9 Å². The third kappa shape index (κ3) is 3.77. The molecule has 1 N–H and O–H groups in total. The van der Waals surface area contributed by atoms with Gasteiger partial charge in [-0.2, -0.15) is 0 Å². The molecule has 1 fully saturated rings. The number of aromatic nitrogens is 2. The molecule has 6 nitrogen and oxygen atoms in total. The highest BCUT2D eigenvalue weighted by molar-refractivity contribution is 5.94. The van der Waals surface area contributed by atoms with Crippen LogP contribution < -0.4 is 10.1 Å². The summed E-state index contributed by atoms with van der Waals surface area (Å²) in [4.78, 5) is 19.3. The SMILES string of the molecule is COc1ccccc1C1CNCCN1C(=O)c1ccc(Cn2ccnc2)cc1. The number of benzene rings is 2. The predicted molar refractivity (Wildman–Crippen MR) is 107 cm³/mol. The molecule has 28 heavy (non-hydrogen) atoms. The van der Waals surface area contributed by atoms with E-state index in [9.17, 15) is 4.79 Å². The molecule has 0 spiro atoms. The number of nitrogens with zero attached hydrogens (tertiary/aromatic N) is 3. The van der Waals surface area contributed by atoms with Gasteiger partial charge in [0.2, 0.25) is 0 Å². The minimum Gasteiger partial charge on any atom is -0.496 e. The van der Waals surface area contributed by atoms with Gasteiger partial charge in [0.25, 0.3) is 5.91 Å². The summed E-state index contributed by atoms with van der Waals surface area (Å²) < 4.78 is 7.53. The molecule has 0 bridgehead atoms. The number of nitrogens with one attached hydrogen (secondary N) is 1. The normalized spacial score (nSPS) is 16.8. The van der Waals surface area contributed by atoms with Crippen LogP contribution in [0, 0.1) is 0 Å². The Balaban J connectivity index is 1.55. The standard InChI is InChI=1S/C22H24N4O2/c1-28-21-5-3-2-4-19(21)20-14-23-11-13-26(20)22(27)18-8-6-17(7-9-18)15-25-12-10-24-16-25/h2-10,12,16,20,23H,11,13-15H2,1H3. The maximum Gasteiger partial charge on any atom is 0.254 e. The van der Waals surface area contributed by atoms with Gasteiger partial charge in [-0.3, -0.25) is 4.79 Å². The van der Waals surface area contributed by atoms with Crippen LogP contribution in [-0.4, -0.2) is 47.1 Å². The van der Waals surface area contributed by atoms with Crippen LogP contribution in [0.5, 0.6) is 5.75 Å². The molecule has 2 aromatic carbocycles. The number of methoxy groups -OCH3 is 1. The van der Waals surface area contributed by atoms with Crippen LogP contribution in [0.2, 0.25) is 0 Å². The molecule has 6 heteroatoms. The first-order valence-corrected chi connectivity index (χ1v) is 9.45. The molecule has 3 aromatic rings. The molecule has 1 amide bonds. The largest absolute Gasteiger partial charge is 0.496 e. The summed E-state index contributed by atoms with van der Waals surface area (Å²) >= 11 is 0. The molecule has 4 rings (SSSR count). The van der Waals surface area contributed by atoms with Crippen LogP contribution >= 0.6 is 0 Å². The van der Waals surface area contributed by atoms with Crippen molar-refractivity contribution in [1.82, 2.24) is 19.8 Å². The smallest absolute Gasteiger partial charge is 0.254 e. The minimum atomic E-state index is -0.0528. The van der Waals surface area contributed by atoms with Crippen molar-refractivity contribution in [2.75, 3.05) is 26.7 Å². The van der Waals surface area contributed by atoms with E-state index in [0.717, 1.165) is 30.0 Å². The number of amides is 1. The fraction of sp³-hybridized carbons (Fsp3) is 0.273. The number of imidazole rings is 1. The molecule has 2 heterocycles. The van der Waals surface area contributed by atoms with E-state index in [1.54, 1.807) is 19.6 Å². The van der Waals surface area contributed by atoms with Gasteiger partial charge in [0.1, 0.15) is 5.75 Å². The highest BCUT2D eigenvalue weighted by Crippen LogP contribution is 2.31. The van der Waals surface area contributed by atoms with Gasteiger partial charge in [0, 0.05) is 49.7 Å². The zero-order valence-electron chi connectivity index (χ0n) is 15.9. The summed E-state index contributed by atoms with van der Waals surface area (Å²) in [5, 5.41) is 3.40. The van der Waals surface area contributed by atoms with Gasteiger partial charge in [-0.1, -0.05) is 30.3 Å². The topological polar surface area (TPSA) is 59.4 Å². The van der Waals surface area contributed by atoms with Crippen molar-refractivity contribution in [2.24, 2.45) is 0 Å². The fourth-order valence-corrected chi connectivity index (χ4v) is 3.68. The molecular weight excluding hydrogens is 352 g/mol. The lowest BCUT2D eigenvalue weighted by Gasteiger charge is -2.37. The van der Waals surface area contributed by atoms with E-state index in [1.807, 2.05) is 64.2 Å². The predicted octanol–water partition coefficient (Wildman–Crippen LogP) is 2.73. The molecule has 1 aliphatic heterocycles. The molecule has 144 valence electrons. The summed E-state index contributed by atoms with van der Waals surface area (Å²) in [7, 11) is 1.67. The second-order valence-electron chi connectivity index (χ2n) is 6.89. The average molecular weight is 376 g/mol. The molecule has 0 saturated carbocycles. The molecule has 1 aromatic heterocycles. The average Bonchev–Trinajstić information content (AvgIpc) is 3.27. The van der Waals surface area contributed by atoms with Gasteiger partial charge in [-0.25, -0.2) is 4.98 Å². The summed E-state index contributed by atoms with van der Waals surface area (Å²) in [5.74, 6) is 0.858. The van der Waals surface area contributed by atoms with Gasteiger partial charge in [0.05, 0.1) is 19.5 Å². The zero-order valence-corrected chi connectivity index (χ0v) is 15.9. The second-order valence-corrected chi connectivity index (χ2v) is 6.89. The van der Waals surface area contributed by atoms with E-state index in [1.165, 1.54) is 0 Å². The van der Waals surface area contributed by atoms with Crippen molar-refractivity contribution < 1.29 is 9.53 Å². The first-order chi connectivity index (χ1) is 13.8. The monoisotopic (exact) mass is 376 g/mol. The zero-order chi connectivity index (χ0) is 19.3. The van der Waals surface area contributed by atoms with E-state index >= 15 is 0 Å². The Hall–Kier alpha value is -3.12. The molecule has 0 radical (unpaired) electrons. The van der Waals surface area contributed by atoms with Crippen molar-refractivity contribution >= 4 is 5.91 Å². The number of para-hydroxylation sites is 1. The van der Waals surface area contributed by atoms with Crippen LogP contribution in [0.1, 0.15) is 27.5 Å². The van der Waals surface area contributed by atoms with Crippen LogP contribution in [0.25, 0.3) is 0 Å². The minimum absolute atomic E-state index is 0.0478. The summed E-state index contributed by atoms with van der Waals surface area (Å²) in [6, 6.07) is 15.7. The maximum atomic E-state index is 13.3. The summed E-state index contributed by atoms with van der Waals surface area (Å²) in [6.07, 6.45) is 5.48. The Kier molecular flexibility index (Phi) is 5.39. The highest BCUT2D eigenvalue weighted by Gasteiger charge is 2.30. The van der Waals surface area contributed by atoms with Crippen molar-refractivity contribution in [3.63, 3.8) is 0 Å². The lowest BCUT2D eigenvalue weighted by Crippen LogP contribution is -2.48. The number of carbonyl (C=O) groups is 1. The Morgan fingerprint density at radius 2 is 2.04 bits per heavy atom. The number of piperazine rings is 1. The van der Waals surface area contributed by atoms with E-state index < -0.39 is 0 Å². The first-order valence-electron chi connectivity index (χ1n) is 9.45. The molecule has 1 atom stereocenters. The van der Waals surface area contributed by atoms with Crippen LogP contribution in [0.15, 0.2) is 67.3 Å². The van der Waals surface area contributed by atoms with Crippen molar-refractivity contribution in [1.29, 1.82) is 0 Å². The van der Waals surface area contributed by atoms with Gasteiger partial charge in [0.15, 0.2) is 0 Å². The molecule has 1 saturated heterocycles. The van der Waals surface area contributed by atoms with Crippen LogP contribution in [-0.2, 0) is 6.54 Å². The third-order valence-electron chi connectivity index (χ3n) is 5.13. The second kappa shape index (κ2) is 8.27. The van der Waals surface area contributed by atoms with Gasteiger partial charge < -0.3 is 19.5 Å². The van der Waals surface area contributed by atoms with Crippen molar-refractivity contribution in [3.8, 4) is 5.75 Å². The summed E-state index contributed by atoms with van der Waals surface area (Å²) in [5.41, 5.74) is 2.87. The lowest BCUT2D eigenvalue weighted by molar-refractivity contribution is 0.0631. The van der Waals surface area contributed by atoms with Gasteiger partial charge in [-0.05, 0) is 23.8 Å². The number of carbonyl (C=O) groups excluding carboxylic acids is 1.